The summed E-state index contributed by atoms with van der Waals surface area (Å²) in [5, 5.41) is 0. The number of hydrogen-bond donors (Lipinski definition) is 0. The topological polar surface area (TPSA) is 26.3 Å². The molecule has 0 amide bonds. The summed E-state index contributed by atoms with van der Waals surface area (Å²) < 4.78 is 5.06. The minimum absolute atomic E-state index is 0.270. The number of terminal acetylenes is 1. The van der Waals surface area contributed by atoms with Crippen molar-refractivity contribution in [3.8, 4) is 12.3 Å². The second-order valence-corrected chi connectivity index (χ2v) is 3.59. The Balaban J connectivity index is 2.45. The molecule has 0 N–H and O–H groups in total. The zero-order valence-corrected chi connectivity index (χ0v) is 8.08. The molecule has 13 heavy (non-hydrogen) atoms. The van der Waals surface area contributed by atoms with E-state index in [2.05, 4.69) is 5.92 Å². The highest BCUT2D eigenvalue weighted by atomic mass is 16.5. The van der Waals surface area contributed by atoms with E-state index in [0.29, 0.717) is 5.92 Å². The van der Waals surface area contributed by atoms with Crippen molar-refractivity contribution < 1.29 is 9.53 Å². The van der Waals surface area contributed by atoms with Crippen molar-refractivity contribution in [1.82, 2.24) is 0 Å². The first-order valence-electron chi connectivity index (χ1n) is 4.87. The molecule has 0 heterocycles. The average molecular weight is 180 g/mol. The molecule has 0 saturated heterocycles. The van der Waals surface area contributed by atoms with Crippen LogP contribution in [0.1, 0.15) is 39.0 Å². The van der Waals surface area contributed by atoms with Crippen LogP contribution in [0.4, 0.5) is 0 Å². The van der Waals surface area contributed by atoms with E-state index < -0.39 is 0 Å². The van der Waals surface area contributed by atoms with Gasteiger partial charge in [-0.25, -0.2) is 0 Å². The minimum atomic E-state index is -0.294. The van der Waals surface area contributed by atoms with Gasteiger partial charge in [0, 0.05) is 12.8 Å². The van der Waals surface area contributed by atoms with E-state index in [4.69, 9.17) is 11.2 Å². The van der Waals surface area contributed by atoms with Crippen LogP contribution >= 0.6 is 0 Å². The van der Waals surface area contributed by atoms with Crippen LogP contribution in [0.3, 0.4) is 0 Å². The van der Waals surface area contributed by atoms with Crippen molar-refractivity contribution in [2.75, 3.05) is 0 Å². The molecular formula is C11H16O2. The molecule has 0 aromatic carbocycles. The summed E-state index contributed by atoms with van der Waals surface area (Å²) in [6, 6.07) is 0. The zero-order chi connectivity index (χ0) is 9.68. The smallest absolute Gasteiger partial charge is 0.303 e. The van der Waals surface area contributed by atoms with E-state index >= 15 is 0 Å². The van der Waals surface area contributed by atoms with Crippen LogP contribution in [0.2, 0.25) is 0 Å². The number of carbonyl (C=O) groups is 1. The highest BCUT2D eigenvalue weighted by Crippen LogP contribution is 2.27. The Morgan fingerprint density at radius 1 is 1.46 bits per heavy atom. The van der Waals surface area contributed by atoms with Crippen LogP contribution in [0.25, 0.3) is 0 Å². The molecule has 1 atom stereocenters. The Morgan fingerprint density at radius 2 is 2.08 bits per heavy atom. The van der Waals surface area contributed by atoms with Gasteiger partial charge in [0.2, 0.25) is 0 Å². The van der Waals surface area contributed by atoms with Gasteiger partial charge in [-0.2, -0.15) is 0 Å². The van der Waals surface area contributed by atoms with E-state index in [1.54, 1.807) is 0 Å². The van der Waals surface area contributed by atoms with Gasteiger partial charge in [0.05, 0.1) is 0 Å². The summed E-state index contributed by atoms with van der Waals surface area (Å²) in [7, 11) is 0. The van der Waals surface area contributed by atoms with E-state index in [1.807, 2.05) is 0 Å². The molecule has 2 nitrogen and oxygen atoms in total. The lowest BCUT2D eigenvalue weighted by Gasteiger charge is -2.26. The van der Waals surface area contributed by atoms with Crippen molar-refractivity contribution in [1.29, 1.82) is 0 Å². The maximum Gasteiger partial charge on any atom is 0.303 e. The largest absolute Gasteiger partial charge is 0.449 e. The quantitative estimate of drug-likeness (QED) is 0.480. The van der Waals surface area contributed by atoms with Crippen LogP contribution in [0.15, 0.2) is 0 Å². The van der Waals surface area contributed by atoms with Gasteiger partial charge in [0.15, 0.2) is 6.10 Å². The summed E-state index contributed by atoms with van der Waals surface area (Å²) in [5.41, 5.74) is 0. The van der Waals surface area contributed by atoms with Gasteiger partial charge in [-0.15, -0.1) is 6.42 Å². The molecule has 1 rings (SSSR count). The number of esters is 1. The lowest BCUT2D eigenvalue weighted by molar-refractivity contribution is -0.146. The summed E-state index contributed by atoms with van der Waals surface area (Å²) in [6.07, 6.45) is 10.9. The lowest BCUT2D eigenvalue weighted by atomic mass is 9.85. The molecule has 72 valence electrons. The number of rotatable bonds is 2. The van der Waals surface area contributed by atoms with E-state index in [1.165, 1.54) is 26.2 Å². The monoisotopic (exact) mass is 180 g/mol. The van der Waals surface area contributed by atoms with Gasteiger partial charge >= 0.3 is 5.97 Å². The molecule has 0 radical (unpaired) electrons. The van der Waals surface area contributed by atoms with Crippen LogP contribution in [0.5, 0.6) is 0 Å². The Hall–Kier alpha value is -0.970. The van der Waals surface area contributed by atoms with Crippen molar-refractivity contribution in [2.45, 2.75) is 45.1 Å². The van der Waals surface area contributed by atoms with Gasteiger partial charge < -0.3 is 4.74 Å². The normalized spacial score (nSPS) is 20.3. The van der Waals surface area contributed by atoms with Gasteiger partial charge in [-0.05, 0) is 12.8 Å². The fourth-order valence-corrected chi connectivity index (χ4v) is 1.88. The van der Waals surface area contributed by atoms with E-state index in [9.17, 15) is 4.79 Å². The summed E-state index contributed by atoms with van der Waals surface area (Å²) >= 11 is 0. The molecule has 1 saturated carbocycles. The SMILES string of the molecule is C#CC(OC(C)=O)C1CCCCC1. The standard InChI is InChI=1S/C11H16O2/c1-3-11(13-9(2)12)10-7-5-4-6-8-10/h1,10-11H,4-8H2,2H3. The third-order valence-electron chi connectivity index (χ3n) is 2.54. The molecule has 2 heteroatoms. The Morgan fingerprint density at radius 3 is 2.54 bits per heavy atom. The molecule has 1 aliphatic carbocycles. The van der Waals surface area contributed by atoms with Crippen LogP contribution in [-0.2, 0) is 9.53 Å². The van der Waals surface area contributed by atoms with Gasteiger partial charge in [0.1, 0.15) is 0 Å². The van der Waals surface area contributed by atoms with Gasteiger partial charge in [-0.1, -0.05) is 25.2 Å². The Bertz CT molecular complexity index is 209. The van der Waals surface area contributed by atoms with Crippen molar-refractivity contribution in [3.05, 3.63) is 0 Å². The fraction of sp³-hybridized carbons (Fsp3) is 0.727. The first kappa shape index (κ1) is 10.1. The van der Waals surface area contributed by atoms with Gasteiger partial charge in [-0.3, -0.25) is 4.79 Å². The van der Waals surface area contributed by atoms with Gasteiger partial charge in [0.25, 0.3) is 0 Å². The molecule has 1 aliphatic rings. The van der Waals surface area contributed by atoms with Crippen molar-refractivity contribution in [3.63, 3.8) is 0 Å². The third-order valence-corrected chi connectivity index (χ3v) is 2.54. The Labute approximate surface area is 79.7 Å². The predicted molar refractivity (Wildman–Crippen MR) is 51.0 cm³/mol. The third kappa shape index (κ3) is 3.10. The second-order valence-electron chi connectivity index (χ2n) is 3.59. The molecule has 0 aromatic rings. The maximum atomic E-state index is 10.7. The first-order chi connectivity index (χ1) is 6.24. The predicted octanol–water partition coefficient (Wildman–Crippen LogP) is 2.13. The summed E-state index contributed by atoms with van der Waals surface area (Å²) in [4.78, 5) is 10.7. The Kier molecular flexibility index (Phi) is 3.82. The van der Waals surface area contributed by atoms with Crippen LogP contribution in [0, 0.1) is 18.3 Å². The van der Waals surface area contributed by atoms with Crippen molar-refractivity contribution >= 4 is 5.97 Å². The second kappa shape index (κ2) is 4.91. The molecule has 1 fully saturated rings. The van der Waals surface area contributed by atoms with E-state index in [-0.39, 0.29) is 12.1 Å². The van der Waals surface area contributed by atoms with Crippen molar-refractivity contribution in [2.24, 2.45) is 5.92 Å². The van der Waals surface area contributed by atoms with Crippen LogP contribution < -0.4 is 0 Å². The molecule has 0 spiro atoms. The lowest BCUT2D eigenvalue weighted by Crippen LogP contribution is -2.26. The highest BCUT2D eigenvalue weighted by molar-refractivity contribution is 5.66. The molecule has 1 unspecified atom stereocenters. The number of carbonyl (C=O) groups excluding carboxylic acids is 1. The highest BCUT2D eigenvalue weighted by Gasteiger charge is 2.23. The fourth-order valence-electron chi connectivity index (χ4n) is 1.88. The zero-order valence-electron chi connectivity index (χ0n) is 8.08. The van der Waals surface area contributed by atoms with E-state index in [0.717, 1.165) is 12.8 Å². The summed E-state index contributed by atoms with van der Waals surface area (Å²) in [6.45, 7) is 1.41. The number of hydrogen-bond acceptors (Lipinski definition) is 2. The maximum absolute atomic E-state index is 10.7. The minimum Gasteiger partial charge on any atom is -0.449 e. The summed E-state index contributed by atoms with van der Waals surface area (Å²) in [5.74, 6) is 2.68. The van der Waals surface area contributed by atoms with Crippen LogP contribution in [-0.4, -0.2) is 12.1 Å². The molecule has 0 bridgehead atoms. The molecule has 0 aliphatic heterocycles. The molecule has 0 aromatic heterocycles. The molecular weight excluding hydrogens is 164 g/mol. The first-order valence-corrected chi connectivity index (χ1v) is 4.87. The average Bonchev–Trinajstić information content (AvgIpc) is 2.15. The number of ether oxygens (including phenoxy) is 1.